The Hall–Kier alpha value is 1.87. The summed E-state index contributed by atoms with van der Waals surface area (Å²) in [5, 5.41) is 8.35. The molecule has 52 valence electrons. The monoisotopic (exact) mass is 186 g/mol. The molecule has 0 aliphatic rings. The predicted molar refractivity (Wildman–Crippen MR) is 39.6 cm³/mol. The van der Waals surface area contributed by atoms with E-state index in [9.17, 15) is 8.42 Å². The fraction of sp³-hybridized carbons (Fsp3) is 1.00. The molecule has 10 heavy (non-hydrogen) atoms. The Morgan fingerprint density at radius 2 is 1.70 bits per heavy atom. The van der Waals surface area contributed by atoms with E-state index < -0.39 is 22.0 Å². The molecule has 0 fully saturated rings. The van der Waals surface area contributed by atoms with Gasteiger partial charge in [-0.1, -0.05) is 0 Å². The summed E-state index contributed by atoms with van der Waals surface area (Å²) in [6.45, 7) is 1.29. The van der Waals surface area contributed by atoms with E-state index in [2.05, 4.69) is 0 Å². The van der Waals surface area contributed by atoms with Crippen LogP contribution in [-0.2, 0) is 10.1 Å². The van der Waals surface area contributed by atoms with E-state index in [-0.39, 0.29) is 59.1 Å². The Balaban J connectivity index is -0.000000245. The first-order valence-corrected chi connectivity index (χ1v) is 3.66. The van der Waals surface area contributed by atoms with Gasteiger partial charge in [-0.25, -0.2) is 0 Å². The van der Waals surface area contributed by atoms with Gasteiger partial charge in [-0.3, -0.25) is 4.55 Å². The van der Waals surface area contributed by atoms with Gasteiger partial charge >= 0.3 is 0 Å². The molecule has 0 aromatic carbocycles. The van der Waals surface area contributed by atoms with Crippen molar-refractivity contribution < 1.29 is 18.1 Å². The van der Waals surface area contributed by atoms with E-state index in [4.69, 9.17) is 9.66 Å². The molecule has 7 heteroatoms. The number of hydrogen-bond acceptors (Lipinski definition) is 3. The van der Waals surface area contributed by atoms with Gasteiger partial charge in [0.1, 0.15) is 5.75 Å². The van der Waals surface area contributed by atoms with Crippen LogP contribution < -0.4 is 0 Å². The van der Waals surface area contributed by atoms with Crippen molar-refractivity contribution in [2.45, 2.75) is 13.0 Å². The molecule has 1 unspecified atom stereocenters. The number of aliphatic hydroxyl groups is 1. The molecule has 0 heterocycles. The topological polar surface area (TPSA) is 74.6 Å². The summed E-state index contributed by atoms with van der Waals surface area (Å²) >= 11 is 0. The van der Waals surface area contributed by atoms with Gasteiger partial charge in [0.2, 0.25) is 0 Å². The van der Waals surface area contributed by atoms with Crippen molar-refractivity contribution in [3.8, 4) is 0 Å². The Bertz CT molecular complexity index is 152. The van der Waals surface area contributed by atoms with Gasteiger partial charge in [0, 0.05) is 59.1 Å². The minimum atomic E-state index is -3.97. The van der Waals surface area contributed by atoms with Gasteiger partial charge < -0.3 is 5.11 Å². The van der Waals surface area contributed by atoms with Gasteiger partial charge in [-0.2, -0.15) is 8.42 Å². The Labute approximate surface area is 105 Å². The van der Waals surface area contributed by atoms with Crippen molar-refractivity contribution in [1.82, 2.24) is 0 Å². The third-order valence-electron chi connectivity index (χ3n) is 0.452. The summed E-state index contributed by atoms with van der Waals surface area (Å²) in [6.07, 6.45) is -0.995. The maximum absolute atomic E-state index is 9.84. The Morgan fingerprint density at radius 1 is 1.40 bits per heavy atom. The minimum absolute atomic E-state index is 0. The summed E-state index contributed by atoms with van der Waals surface area (Å²) in [4.78, 5) is 0. The third-order valence-corrected chi connectivity index (χ3v) is 1.36. The second-order valence-corrected chi connectivity index (χ2v) is 3.09. The molecule has 0 rings (SSSR count). The molecule has 0 aromatic heterocycles. The summed E-state index contributed by atoms with van der Waals surface area (Å²) in [6, 6.07) is 0. The van der Waals surface area contributed by atoms with Crippen LogP contribution in [-0.4, -0.2) is 89.0 Å². The normalized spacial score (nSPS) is 12.7. The average Bonchev–Trinajstić information content (AvgIpc) is 1.21. The second-order valence-electron chi connectivity index (χ2n) is 1.60. The molecule has 0 aromatic rings. The smallest absolute Gasteiger partial charge is 0.267 e. The van der Waals surface area contributed by atoms with Crippen molar-refractivity contribution in [1.29, 1.82) is 0 Å². The summed E-state index contributed by atoms with van der Waals surface area (Å²) in [5.41, 5.74) is 0. The van der Waals surface area contributed by atoms with Gasteiger partial charge in [-0.05, 0) is 6.92 Å². The Morgan fingerprint density at radius 3 is 1.70 bits per heavy atom. The first kappa shape index (κ1) is 17.8. The van der Waals surface area contributed by atoms with Gasteiger partial charge in [0.15, 0.2) is 0 Å². The van der Waals surface area contributed by atoms with E-state index in [0.29, 0.717) is 0 Å². The molecule has 0 saturated heterocycles. The number of rotatable bonds is 2. The quantitative estimate of drug-likeness (QED) is 0.406. The molecule has 0 aliphatic carbocycles. The fourth-order valence-electron chi connectivity index (χ4n) is 0.305. The maximum Gasteiger partial charge on any atom is 0.267 e. The van der Waals surface area contributed by atoms with Crippen molar-refractivity contribution in [2.24, 2.45) is 0 Å². The average molecular weight is 186 g/mol. The van der Waals surface area contributed by atoms with E-state index in [0.717, 1.165) is 0 Å². The molecule has 0 saturated carbocycles. The van der Waals surface area contributed by atoms with Crippen molar-refractivity contribution >= 4 is 69.2 Å². The first-order chi connectivity index (χ1) is 3.42. The predicted octanol–water partition coefficient (Wildman–Crippen LogP) is -1.51. The van der Waals surface area contributed by atoms with Crippen molar-refractivity contribution in [2.75, 3.05) is 5.75 Å². The summed E-state index contributed by atoms with van der Waals surface area (Å²) < 4.78 is 27.7. The van der Waals surface area contributed by atoms with Crippen LogP contribution in [0.3, 0.4) is 0 Å². The molecule has 2 radical (unpaired) electrons. The SMILES string of the molecule is CC(O)CS(=O)(=O)O.[Na].[Na]. The van der Waals surface area contributed by atoms with Gasteiger partial charge in [0.25, 0.3) is 10.1 Å². The molecule has 4 nitrogen and oxygen atoms in total. The molecule has 0 aliphatic heterocycles. The largest absolute Gasteiger partial charge is 0.392 e. The Kier molecular flexibility index (Phi) is 13.4. The second kappa shape index (κ2) is 7.52. The zero-order valence-electron chi connectivity index (χ0n) is 6.40. The molecule has 0 amide bonds. The molecule has 2 N–H and O–H groups in total. The molecular formula is C3H8Na2O4S. The van der Waals surface area contributed by atoms with Crippen LogP contribution in [0.4, 0.5) is 0 Å². The molecule has 0 bridgehead atoms. The first-order valence-electron chi connectivity index (χ1n) is 2.05. The zero-order valence-corrected chi connectivity index (χ0v) is 11.2. The molecule has 1 atom stereocenters. The van der Waals surface area contributed by atoms with E-state index in [1.54, 1.807) is 0 Å². The maximum atomic E-state index is 9.84. The van der Waals surface area contributed by atoms with Crippen LogP contribution in [0.2, 0.25) is 0 Å². The fourth-order valence-corrected chi connectivity index (χ4v) is 0.914. The van der Waals surface area contributed by atoms with Gasteiger partial charge in [0.05, 0.1) is 6.10 Å². The van der Waals surface area contributed by atoms with E-state index in [1.807, 2.05) is 0 Å². The van der Waals surface area contributed by atoms with Crippen molar-refractivity contribution in [3.05, 3.63) is 0 Å². The number of aliphatic hydroxyl groups excluding tert-OH is 1. The van der Waals surface area contributed by atoms with Crippen LogP contribution >= 0.6 is 0 Å². The van der Waals surface area contributed by atoms with Gasteiger partial charge in [-0.15, -0.1) is 0 Å². The summed E-state index contributed by atoms with van der Waals surface area (Å²) in [5.74, 6) is -0.590. The van der Waals surface area contributed by atoms with Crippen LogP contribution in [0.15, 0.2) is 0 Å². The molecule has 0 spiro atoms. The number of hydrogen-bond donors (Lipinski definition) is 2. The third kappa shape index (κ3) is 16.5. The molecular weight excluding hydrogens is 178 g/mol. The van der Waals surface area contributed by atoms with Crippen LogP contribution in [0.1, 0.15) is 6.92 Å². The van der Waals surface area contributed by atoms with Crippen LogP contribution in [0.5, 0.6) is 0 Å². The zero-order chi connectivity index (χ0) is 6.78. The van der Waals surface area contributed by atoms with E-state index >= 15 is 0 Å². The van der Waals surface area contributed by atoms with Crippen LogP contribution in [0.25, 0.3) is 0 Å². The van der Waals surface area contributed by atoms with Crippen molar-refractivity contribution in [3.63, 3.8) is 0 Å². The standard InChI is InChI=1S/C3H8O4S.2Na/c1-3(4)2-8(5,6)7;;/h3-4H,2H2,1H3,(H,5,6,7);;. The van der Waals surface area contributed by atoms with Crippen LogP contribution in [0, 0.1) is 0 Å². The summed E-state index contributed by atoms with van der Waals surface area (Å²) in [7, 11) is -3.97. The van der Waals surface area contributed by atoms with E-state index in [1.165, 1.54) is 6.92 Å². The minimum Gasteiger partial charge on any atom is -0.392 e.